The van der Waals surface area contributed by atoms with Crippen LogP contribution in [0.1, 0.15) is 39.2 Å². The molecule has 1 aromatic rings. The van der Waals surface area contributed by atoms with Gasteiger partial charge in [-0.25, -0.2) is 4.79 Å². The van der Waals surface area contributed by atoms with Crippen LogP contribution in [0, 0.1) is 5.92 Å². The van der Waals surface area contributed by atoms with Crippen molar-refractivity contribution in [2.75, 3.05) is 18.0 Å². The summed E-state index contributed by atoms with van der Waals surface area (Å²) in [6, 6.07) is 7.26. The summed E-state index contributed by atoms with van der Waals surface area (Å²) in [4.78, 5) is 40.4. The van der Waals surface area contributed by atoms with Gasteiger partial charge in [0.25, 0.3) is 5.91 Å². The van der Waals surface area contributed by atoms with Crippen molar-refractivity contribution in [1.82, 2.24) is 10.2 Å². The zero-order chi connectivity index (χ0) is 18.2. The van der Waals surface area contributed by atoms with Crippen LogP contribution in [0.5, 0.6) is 0 Å². The third kappa shape index (κ3) is 3.25. The molecule has 2 aliphatic rings. The molecule has 1 atom stereocenters. The Hall–Kier alpha value is -2.37. The van der Waals surface area contributed by atoms with E-state index in [-0.39, 0.29) is 18.4 Å². The number of urea groups is 1. The van der Waals surface area contributed by atoms with Crippen molar-refractivity contribution in [3.05, 3.63) is 29.8 Å². The van der Waals surface area contributed by atoms with Gasteiger partial charge in [0.1, 0.15) is 12.1 Å². The molecule has 2 heterocycles. The summed E-state index contributed by atoms with van der Waals surface area (Å²) in [7, 11) is 0. The lowest BCUT2D eigenvalue weighted by Crippen LogP contribution is -2.45. The van der Waals surface area contributed by atoms with Crippen LogP contribution >= 0.6 is 0 Å². The molecule has 2 aliphatic heterocycles. The number of hydrogen-bond acceptors (Lipinski definition) is 3. The van der Waals surface area contributed by atoms with Gasteiger partial charge in [-0.3, -0.25) is 14.5 Å². The molecule has 1 N–H and O–H groups in total. The number of carbonyl (C=O) groups is 3. The Balaban J connectivity index is 1.70. The van der Waals surface area contributed by atoms with Gasteiger partial charge in [-0.1, -0.05) is 32.0 Å². The first-order valence-corrected chi connectivity index (χ1v) is 8.84. The van der Waals surface area contributed by atoms with E-state index in [0.29, 0.717) is 18.9 Å². The van der Waals surface area contributed by atoms with E-state index in [4.69, 9.17) is 0 Å². The first-order chi connectivity index (χ1) is 11.8. The van der Waals surface area contributed by atoms with Crippen molar-refractivity contribution in [3.63, 3.8) is 0 Å². The lowest BCUT2D eigenvalue weighted by Gasteiger charge is -2.23. The second kappa shape index (κ2) is 6.50. The van der Waals surface area contributed by atoms with E-state index in [2.05, 4.69) is 19.2 Å². The van der Waals surface area contributed by atoms with Crippen LogP contribution in [-0.2, 0) is 16.0 Å². The SMILES string of the molecule is CC(C)CC[C@@]1(C)NC(=O)N(CC(=O)N2CCc3ccccc32)C1=O. The van der Waals surface area contributed by atoms with Crippen molar-refractivity contribution in [2.24, 2.45) is 5.92 Å². The fourth-order valence-corrected chi connectivity index (χ4v) is 3.46. The molecule has 0 aliphatic carbocycles. The van der Waals surface area contributed by atoms with E-state index in [1.54, 1.807) is 11.8 Å². The number of fused-ring (bicyclic) bond motifs is 1. The lowest BCUT2D eigenvalue weighted by atomic mass is 9.92. The summed E-state index contributed by atoms with van der Waals surface area (Å²) < 4.78 is 0. The molecule has 0 unspecified atom stereocenters. The van der Waals surface area contributed by atoms with Gasteiger partial charge in [-0.15, -0.1) is 0 Å². The Morgan fingerprint density at radius 1 is 1.28 bits per heavy atom. The molecule has 0 spiro atoms. The number of hydrogen-bond donors (Lipinski definition) is 1. The highest BCUT2D eigenvalue weighted by Crippen LogP contribution is 2.29. The first-order valence-electron chi connectivity index (χ1n) is 8.84. The summed E-state index contributed by atoms with van der Waals surface area (Å²) in [5.74, 6) is -0.0844. The summed E-state index contributed by atoms with van der Waals surface area (Å²) in [5.41, 5.74) is 1.09. The maximum atomic E-state index is 12.7. The lowest BCUT2D eigenvalue weighted by molar-refractivity contribution is -0.134. The third-order valence-corrected chi connectivity index (χ3v) is 5.05. The van der Waals surface area contributed by atoms with Crippen LogP contribution in [0.2, 0.25) is 0 Å². The molecule has 3 rings (SSSR count). The van der Waals surface area contributed by atoms with E-state index >= 15 is 0 Å². The quantitative estimate of drug-likeness (QED) is 0.834. The van der Waals surface area contributed by atoms with Crippen LogP contribution in [0.3, 0.4) is 0 Å². The maximum Gasteiger partial charge on any atom is 0.325 e. The number of nitrogens with one attached hydrogen (secondary N) is 1. The summed E-state index contributed by atoms with van der Waals surface area (Å²) in [6.07, 6.45) is 2.21. The highest BCUT2D eigenvalue weighted by molar-refractivity contribution is 6.10. The number of anilines is 1. The molecule has 1 fully saturated rings. The molecule has 0 aromatic heterocycles. The molecule has 134 valence electrons. The van der Waals surface area contributed by atoms with Crippen molar-refractivity contribution >= 4 is 23.5 Å². The molecule has 1 aromatic carbocycles. The Labute approximate surface area is 148 Å². The molecule has 25 heavy (non-hydrogen) atoms. The second-order valence-electron chi connectivity index (χ2n) is 7.51. The van der Waals surface area contributed by atoms with E-state index in [1.165, 1.54) is 0 Å². The fraction of sp³-hybridized carbons (Fsp3) is 0.526. The molecule has 6 nitrogen and oxygen atoms in total. The summed E-state index contributed by atoms with van der Waals surface area (Å²) >= 11 is 0. The van der Waals surface area contributed by atoms with Crippen LogP contribution in [0.4, 0.5) is 10.5 Å². The van der Waals surface area contributed by atoms with Gasteiger partial charge in [0.05, 0.1) is 0 Å². The van der Waals surface area contributed by atoms with Gasteiger partial charge in [-0.05, 0) is 43.7 Å². The number of amides is 4. The number of imide groups is 1. The smallest absolute Gasteiger partial charge is 0.323 e. The molecule has 0 bridgehead atoms. The second-order valence-corrected chi connectivity index (χ2v) is 7.51. The topological polar surface area (TPSA) is 69.7 Å². The molecule has 1 saturated heterocycles. The average Bonchev–Trinajstić information content (AvgIpc) is 3.08. The molecule has 0 radical (unpaired) electrons. The minimum Gasteiger partial charge on any atom is -0.323 e. The van der Waals surface area contributed by atoms with Crippen molar-refractivity contribution in [3.8, 4) is 0 Å². The van der Waals surface area contributed by atoms with Crippen molar-refractivity contribution < 1.29 is 14.4 Å². The predicted molar refractivity (Wildman–Crippen MR) is 95.2 cm³/mol. The highest BCUT2D eigenvalue weighted by atomic mass is 16.2. The number of para-hydroxylation sites is 1. The molecular weight excluding hydrogens is 318 g/mol. The number of rotatable bonds is 5. The fourth-order valence-electron chi connectivity index (χ4n) is 3.46. The summed E-state index contributed by atoms with van der Waals surface area (Å²) in [5, 5.41) is 2.77. The number of nitrogens with zero attached hydrogens (tertiary/aromatic N) is 2. The normalized spacial score (nSPS) is 22.6. The Kier molecular flexibility index (Phi) is 4.54. The first kappa shape index (κ1) is 17.5. The number of benzene rings is 1. The van der Waals surface area contributed by atoms with Crippen LogP contribution in [0.15, 0.2) is 24.3 Å². The molecule has 6 heteroatoms. The highest BCUT2D eigenvalue weighted by Gasteiger charge is 2.48. The van der Waals surface area contributed by atoms with E-state index in [9.17, 15) is 14.4 Å². The minimum atomic E-state index is -0.912. The van der Waals surface area contributed by atoms with Crippen LogP contribution in [0.25, 0.3) is 0 Å². The Morgan fingerprint density at radius 3 is 2.72 bits per heavy atom. The molecular formula is C19H25N3O3. The van der Waals surface area contributed by atoms with Gasteiger partial charge in [0, 0.05) is 12.2 Å². The Morgan fingerprint density at radius 2 is 2.00 bits per heavy atom. The molecule has 0 saturated carbocycles. The zero-order valence-electron chi connectivity index (χ0n) is 15.0. The van der Waals surface area contributed by atoms with Gasteiger partial charge in [0.15, 0.2) is 0 Å². The van der Waals surface area contributed by atoms with Gasteiger partial charge >= 0.3 is 6.03 Å². The van der Waals surface area contributed by atoms with Crippen LogP contribution in [-0.4, -0.2) is 41.4 Å². The largest absolute Gasteiger partial charge is 0.325 e. The number of carbonyl (C=O) groups excluding carboxylic acids is 3. The third-order valence-electron chi connectivity index (χ3n) is 5.05. The summed E-state index contributed by atoms with van der Waals surface area (Å²) in [6.45, 7) is 6.28. The predicted octanol–water partition coefficient (Wildman–Crippen LogP) is 2.32. The van der Waals surface area contributed by atoms with Crippen molar-refractivity contribution in [1.29, 1.82) is 0 Å². The maximum absolute atomic E-state index is 12.7. The van der Waals surface area contributed by atoms with Gasteiger partial charge < -0.3 is 10.2 Å². The standard InChI is InChI=1S/C19H25N3O3/c1-13(2)8-10-19(3)17(24)22(18(25)20-19)12-16(23)21-11-9-14-6-4-5-7-15(14)21/h4-7,13H,8-12H2,1-3H3,(H,20,25)/t19-/m1/s1. The minimum absolute atomic E-state index is 0.212. The Bertz CT molecular complexity index is 716. The monoisotopic (exact) mass is 343 g/mol. The van der Waals surface area contributed by atoms with E-state index in [0.717, 1.165) is 29.0 Å². The van der Waals surface area contributed by atoms with Crippen molar-refractivity contribution in [2.45, 2.75) is 45.6 Å². The zero-order valence-corrected chi connectivity index (χ0v) is 15.0. The van der Waals surface area contributed by atoms with Crippen LogP contribution < -0.4 is 10.2 Å². The average molecular weight is 343 g/mol. The van der Waals surface area contributed by atoms with Gasteiger partial charge in [0.2, 0.25) is 5.91 Å². The van der Waals surface area contributed by atoms with E-state index < -0.39 is 11.6 Å². The molecule has 4 amide bonds. The van der Waals surface area contributed by atoms with Gasteiger partial charge in [-0.2, -0.15) is 0 Å². The van der Waals surface area contributed by atoms with E-state index in [1.807, 2.05) is 24.3 Å².